The molecule has 2 aromatic rings. The smallest absolute Gasteiger partial charge is 0.203 e. The zero-order valence-electron chi connectivity index (χ0n) is 14.0. The summed E-state index contributed by atoms with van der Waals surface area (Å²) in [6.07, 6.45) is -0.626. The highest BCUT2D eigenvalue weighted by Crippen LogP contribution is 2.45. The molecule has 0 saturated heterocycles. The third-order valence-corrected chi connectivity index (χ3v) is 4.06. The van der Waals surface area contributed by atoms with Crippen LogP contribution in [0.1, 0.15) is 28.4 Å². The number of phenolic OH excluding ortho intramolecular Hbond substituents is 2. The second-order valence-corrected chi connectivity index (χ2v) is 5.53. The number of carbonyl (C=O) groups excluding carboxylic acids is 1. The SMILES string of the molecule is COc1cc(O)c2c(c1)OC(c1cc(O)c(OC)c(OC)c1)CC2=O. The Labute approximate surface area is 144 Å². The Morgan fingerprint density at radius 3 is 2.40 bits per heavy atom. The van der Waals surface area contributed by atoms with Crippen LogP contribution < -0.4 is 18.9 Å². The number of hydrogen-bond donors (Lipinski definition) is 2. The van der Waals surface area contributed by atoms with Crippen molar-refractivity contribution in [2.75, 3.05) is 21.3 Å². The Bertz CT molecular complexity index is 829. The molecule has 7 nitrogen and oxygen atoms in total. The first-order chi connectivity index (χ1) is 12.0. The first-order valence-electron chi connectivity index (χ1n) is 7.54. The van der Waals surface area contributed by atoms with Gasteiger partial charge in [0.15, 0.2) is 17.3 Å². The van der Waals surface area contributed by atoms with Gasteiger partial charge < -0.3 is 29.2 Å². The second kappa shape index (κ2) is 6.43. The van der Waals surface area contributed by atoms with Gasteiger partial charge in [0.1, 0.15) is 28.9 Å². The number of ether oxygens (including phenoxy) is 4. The molecule has 0 aromatic heterocycles. The number of rotatable bonds is 4. The Kier molecular flexibility index (Phi) is 4.31. The molecule has 132 valence electrons. The van der Waals surface area contributed by atoms with E-state index in [1.807, 2.05) is 0 Å². The largest absolute Gasteiger partial charge is 0.507 e. The average Bonchev–Trinajstić information content (AvgIpc) is 2.59. The number of ketones is 1. The maximum absolute atomic E-state index is 12.5. The number of aromatic hydroxyl groups is 2. The predicted octanol–water partition coefficient (Wildman–Crippen LogP) is 2.83. The Morgan fingerprint density at radius 1 is 1.00 bits per heavy atom. The van der Waals surface area contributed by atoms with Crippen LogP contribution in [-0.4, -0.2) is 37.3 Å². The lowest BCUT2D eigenvalue weighted by Gasteiger charge is -2.27. The molecule has 1 atom stereocenters. The fourth-order valence-corrected chi connectivity index (χ4v) is 2.87. The van der Waals surface area contributed by atoms with Crippen molar-refractivity contribution >= 4 is 5.78 Å². The Morgan fingerprint density at radius 2 is 1.76 bits per heavy atom. The molecule has 0 bridgehead atoms. The first-order valence-corrected chi connectivity index (χ1v) is 7.54. The summed E-state index contributed by atoms with van der Waals surface area (Å²) in [4.78, 5) is 12.5. The third kappa shape index (κ3) is 2.88. The molecule has 0 spiro atoms. The monoisotopic (exact) mass is 346 g/mol. The Hall–Kier alpha value is -3.09. The molecule has 1 aliphatic rings. The van der Waals surface area contributed by atoms with Crippen LogP contribution >= 0.6 is 0 Å². The molecule has 0 radical (unpaired) electrons. The summed E-state index contributed by atoms with van der Waals surface area (Å²) in [6.45, 7) is 0. The zero-order valence-corrected chi connectivity index (χ0v) is 14.0. The van der Waals surface area contributed by atoms with E-state index in [0.717, 1.165) is 0 Å². The van der Waals surface area contributed by atoms with E-state index in [1.54, 1.807) is 12.1 Å². The van der Waals surface area contributed by atoms with Crippen LogP contribution in [0.2, 0.25) is 0 Å². The summed E-state index contributed by atoms with van der Waals surface area (Å²) in [5, 5.41) is 20.1. The van der Waals surface area contributed by atoms with Crippen molar-refractivity contribution in [2.24, 2.45) is 0 Å². The quantitative estimate of drug-likeness (QED) is 0.879. The van der Waals surface area contributed by atoms with E-state index in [2.05, 4.69) is 0 Å². The van der Waals surface area contributed by atoms with Crippen LogP contribution in [0.25, 0.3) is 0 Å². The number of benzene rings is 2. The second-order valence-electron chi connectivity index (χ2n) is 5.53. The van der Waals surface area contributed by atoms with Crippen LogP contribution in [0, 0.1) is 0 Å². The van der Waals surface area contributed by atoms with E-state index in [-0.39, 0.29) is 40.8 Å². The zero-order chi connectivity index (χ0) is 18.1. The molecule has 0 fully saturated rings. The summed E-state index contributed by atoms with van der Waals surface area (Å²) in [5.74, 6) is 0.564. The molecule has 1 aliphatic heterocycles. The minimum atomic E-state index is -0.641. The summed E-state index contributed by atoms with van der Waals surface area (Å²) in [6, 6.07) is 6.01. The van der Waals surface area contributed by atoms with E-state index < -0.39 is 6.10 Å². The van der Waals surface area contributed by atoms with Gasteiger partial charge in [0.2, 0.25) is 5.75 Å². The fraction of sp³-hybridized carbons (Fsp3) is 0.278. The molecular weight excluding hydrogens is 328 g/mol. The van der Waals surface area contributed by atoms with E-state index in [4.69, 9.17) is 18.9 Å². The molecule has 2 aromatic carbocycles. The molecule has 3 rings (SSSR count). The van der Waals surface area contributed by atoms with Crippen molar-refractivity contribution in [3.63, 3.8) is 0 Å². The maximum Gasteiger partial charge on any atom is 0.203 e. The van der Waals surface area contributed by atoms with Gasteiger partial charge >= 0.3 is 0 Å². The van der Waals surface area contributed by atoms with Crippen LogP contribution in [0.4, 0.5) is 0 Å². The van der Waals surface area contributed by atoms with Crippen LogP contribution in [-0.2, 0) is 0 Å². The number of methoxy groups -OCH3 is 3. The number of Topliss-reactive ketones (excluding diaryl/α,β-unsaturated/α-hetero) is 1. The van der Waals surface area contributed by atoms with Gasteiger partial charge in [-0.15, -0.1) is 0 Å². The lowest BCUT2D eigenvalue weighted by Crippen LogP contribution is -2.20. The van der Waals surface area contributed by atoms with Gasteiger partial charge in [0.25, 0.3) is 0 Å². The normalized spacial score (nSPS) is 16.0. The number of hydrogen-bond acceptors (Lipinski definition) is 7. The number of fused-ring (bicyclic) bond motifs is 1. The molecular formula is C18H18O7. The molecule has 0 saturated carbocycles. The van der Waals surface area contributed by atoms with Crippen molar-refractivity contribution in [3.05, 3.63) is 35.4 Å². The Balaban J connectivity index is 2.03. The standard InChI is InChI=1S/C18H18O7/c1-22-10-6-11(19)17-12(20)8-14(25-15(17)7-10)9-4-13(21)18(24-3)16(5-9)23-2/h4-7,14,19,21H,8H2,1-3H3. The summed E-state index contributed by atoms with van der Waals surface area (Å²) in [7, 11) is 4.32. The molecule has 7 heteroatoms. The van der Waals surface area contributed by atoms with E-state index >= 15 is 0 Å². The minimum absolute atomic E-state index is 0.0157. The summed E-state index contributed by atoms with van der Waals surface area (Å²) >= 11 is 0. The number of carbonyl (C=O) groups is 1. The van der Waals surface area contributed by atoms with Gasteiger partial charge in [-0.1, -0.05) is 0 Å². The van der Waals surface area contributed by atoms with Gasteiger partial charge in [-0.05, 0) is 12.1 Å². The van der Waals surface area contributed by atoms with Gasteiger partial charge in [0.05, 0.1) is 27.8 Å². The van der Waals surface area contributed by atoms with E-state index in [9.17, 15) is 15.0 Å². The van der Waals surface area contributed by atoms with Crippen molar-refractivity contribution < 1.29 is 34.0 Å². The van der Waals surface area contributed by atoms with Crippen molar-refractivity contribution in [1.29, 1.82) is 0 Å². The maximum atomic E-state index is 12.5. The lowest BCUT2D eigenvalue weighted by atomic mass is 9.95. The van der Waals surface area contributed by atoms with E-state index in [1.165, 1.54) is 33.5 Å². The molecule has 1 unspecified atom stereocenters. The van der Waals surface area contributed by atoms with Crippen molar-refractivity contribution in [2.45, 2.75) is 12.5 Å². The predicted molar refractivity (Wildman–Crippen MR) is 88.2 cm³/mol. The topological polar surface area (TPSA) is 94.5 Å². The first kappa shape index (κ1) is 16.8. The van der Waals surface area contributed by atoms with Gasteiger partial charge in [-0.3, -0.25) is 4.79 Å². The molecule has 25 heavy (non-hydrogen) atoms. The lowest BCUT2D eigenvalue weighted by molar-refractivity contribution is 0.0844. The highest BCUT2D eigenvalue weighted by atomic mass is 16.5. The molecule has 1 heterocycles. The highest BCUT2D eigenvalue weighted by molar-refractivity contribution is 6.02. The van der Waals surface area contributed by atoms with Crippen LogP contribution in [0.5, 0.6) is 34.5 Å². The van der Waals surface area contributed by atoms with Crippen LogP contribution in [0.15, 0.2) is 24.3 Å². The summed E-state index contributed by atoms with van der Waals surface area (Å²) < 4.78 is 21.3. The van der Waals surface area contributed by atoms with Gasteiger partial charge in [0, 0.05) is 17.7 Å². The van der Waals surface area contributed by atoms with Gasteiger partial charge in [-0.2, -0.15) is 0 Å². The molecule has 0 aliphatic carbocycles. The van der Waals surface area contributed by atoms with Crippen molar-refractivity contribution in [1.82, 2.24) is 0 Å². The van der Waals surface area contributed by atoms with Crippen molar-refractivity contribution in [3.8, 4) is 34.5 Å². The fourth-order valence-electron chi connectivity index (χ4n) is 2.87. The number of phenols is 2. The van der Waals surface area contributed by atoms with Gasteiger partial charge in [-0.25, -0.2) is 0 Å². The molecule has 0 amide bonds. The summed E-state index contributed by atoms with van der Waals surface area (Å²) in [5.41, 5.74) is 0.679. The van der Waals surface area contributed by atoms with Crippen LogP contribution in [0.3, 0.4) is 0 Å². The minimum Gasteiger partial charge on any atom is -0.507 e. The third-order valence-electron chi connectivity index (χ3n) is 4.06. The molecule has 2 N–H and O–H groups in total. The van der Waals surface area contributed by atoms with E-state index in [0.29, 0.717) is 17.1 Å². The highest BCUT2D eigenvalue weighted by Gasteiger charge is 2.32. The average molecular weight is 346 g/mol.